The lowest BCUT2D eigenvalue weighted by molar-refractivity contribution is 0.0909. The van der Waals surface area contributed by atoms with E-state index in [0.29, 0.717) is 23.6 Å². The van der Waals surface area contributed by atoms with E-state index in [1.54, 1.807) is 6.07 Å². The molecular formula is C26H36N4O3. The number of aliphatic hydroxyl groups excluding tert-OH is 1. The van der Waals surface area contributed by atoms with E-state index in [2.05, 4.69) is 33.0 Å². The van der Waals surface area contributed by atoms with Crippen LogP contribution in [0.2, 0.25) is 0 Å². The van der Waals surface area contributed by atoms with Crippen LogP contribution >= 0.6 is 0 Å². The normalized spacial score (nSPS) is 22.3. The molecule has 1 fully saturated rings. The second kappa shape index (κ2) is 8.93. The summed E-state index contributed by atoms with van der Waals surface area (Å²) in [6, 6.07) is 5.69. The molecule has 33 heavy (non-hydrogen) atoms. The Morgan fingerprint density at radius 2 is 1.94 bits per heavy atom. The van der Waals surface area contributed by atoms with Gasteiger partial charge in [0, 0.05) is 18.2 Å². The zero-order chi connectivity index (χ0) is 23.9. The van der Waals surface area contributed by atoms with Crippen molar-refractivity contribution in [2.45, 2.75) is 84.8 Å². The molecule has 0 saturated heterocycles. The van der Waals surface area contributed by atoms with Gasteiger partial charge in [0.1, 0.15) is 0 Å². The van der Waals surface area contributed by atoms with E-state index in [1.165, 1.54) is 0 Å². The molecule has 0 unspecified atom stereocenters. The maximum Gasteiger partial charge on any atom is 0.250 e. The van der Waals surface area contributed by atoms with Crippen LogP contribution in [-0.2, 0) is 12.8 Å². The minimum Gasteiger partial charge on any atom is -0.393 e. The Balaban J connectivity index is 1.77. The Hall–Kier alpha value is -2.67. The molecule has 4 N–H and O–H groups in total. The molecule has 0 radical (unpaired) electrons. The van der Waals surface area contributed by atoms with Crippen molar-refractivity contribution < 1.29 is 14.7 Å². The van der Waals surface area contributed by atoms with Crippen molar-refractivity contribution in [3.63, 3.8) is 0 Å². The van der Waals surface area contributed by atoms with Gasteiger partial charge in [-0.3, -0.25) is 9.59 Å². The lowest BCUT2D eigenvalue weighted by Gasteiger charge is -2.29. The van der Waals surface area contributed by atoms with Crippen LogP contribution in [-0.4, -0.2) is 38.7 Å². The quantitative estimate of drug-likeness (QED) is 0.613. The molecule has 1 aromatic heterocycles. The lowest BCUT2D eigenvalue weighted by atomic mass is 9.75. The summed E-state index contributed by atoms with van der Waals surface area (Å²) >= 11 is 0. The van der Waals surface area contributed by atoms with Crippen molar-refractivity contribution in [2.75, 3.05) is 5.32 Å². The van der Waals surface area contributed by atoms with Crippen LogP contribution in [0.5, 0.6) is 0 Å². The van der Waals surface area contributed by atoms with E-state index in [0.717, 1.165) is 61.2 Å². The Morgan fingerprint density at radius 3 is 2.58 bits per heavy atom. The van der Waals surface area contributed by atoms with E-state index >= 15 is 0 Å². The smallest absolute Gasteiger partial charge is 0.250 e. The molecule has 0 spiro atoms. The minimum atomic E-state index is -0.487. The Kier molecular flexibility index (Phi) is 6.36. The molecule has 1 amide bonds. The third-order valence-corrected chi connectivity index (χ3v) is 6.79. The predicted octanol–water partition coefficient (Wildman–Crippen LogP) is 4.04. The second-order valence-corrected chi connectivity index (χ2v) is 11.0. The number of fused-ring (bicyclic) bond motifs is 1. The van der Waals surface area contributed by atoms with Crippen molar-refractivity contribution in [3.8, 4) is 5.69 Å². The number of carbonyl (C=O) groups is 2. The Labute approximate surface area is 195 Å². The van der Waals surface area contributed by atoms with Crippen molar-refractivity contribution in [2.24, 2.45) is 17.1 Å². The first-order valence-corrected chi connectivity index (χ1v) is 12.1. The number of aliphatic hydroxyl groups is 1. The van der Waals surface area contributed by atoms with Gasteiger partial charge in [-0.25, -0.2) is 4.68 Å². The van der Waals surface area contributed by atoms with Crippen LogP contribution in [0, 0.1) is 11.3 Å². The maximum atomic E-state index is 13.1. The van der Waals surface area contributed by atoms with Crippen LogP contribution in [0.1, 0.15) is 91.9 Å². The number of hydrogen-bond donors (Lipinski definition) is 3. The van der Waals surface area contributed by atoms with E-state index in [-0.39, 0.29) is 23.3 Å². The summed E-state index contributed by atoms with van der Waals surface area (Å²) in [6.07, 6.45) is 4.94. The van der Waals surface area contributed by atoms with Gasteiger partial charge in [0.05, 0.1) is 34.3 Å². The van der Waals surface area contributed by atoms with Crippen LogP contribution in [0.15, 0.2) is 18.2 Å². The van der Waals surface area contributed by atoms with Crippen molar-refractivity contribution in [1.82, 2.24) is 9.78 Å². The average molecular weight is 453 g/mol. The topological polar surface area (TPSA) is 110 Å². The van der Waals surface area contributed by atoms with E-state index < -0.39 is 5.91 Å². The largest absolute Gasteiger partial charge is 0.393 e. The molecule has 7 nitrogen and oxygen atoms in total. The number of aromatic nitrogens is 2. The van der Waals surface area contributed by atoms with Crippen LogP contribution < -0.4 is 11.1 Å². The molecule has 1 saturated carbocycles. The molecule has 1 heterocycles. The summed E-state index contributed by atoms with van der Waals surface area (Å²) in [5, 5.41) is 18.2. The number of primary amides is 1. The molecule has 7 heteroatoms. The molecule has 2 aromatic rings. The van der Waals surface area contributed by atoms with Gasteiger partial charge in [0.25, 0.3) is 5.91 Å². The molecule has 2 aliphatic rings. The highest BCUT2D eigenvalue weighted by molar-refractivity contribution is 6.00. The Bertz CT molecular complexity index is 1060. The van der Waals surface area contributed by atoms with Gasteiger partial charge >= 0.3 is 0 Å². The van der Waals surface area contributed by atoms with Gasteiger partial charge in [0.15, 0.2) is 5.78 Å². The monoisotopic (exact) mass is 452 g/mol. The average Bonchev–Trinajstić information content (AvgIpc) is 3.05. The zero-order valence-corrected chi connectivity index (χ0v) is 20.1. The highest BCUT2D eigenvalue weighted by atomic mass is 16.3. The van der Waals surface area contributed by atoms with Crippen molar-refractivity contribution in [1.29, 1.82) is 0 Å². The fourth-order valence-corrected chi connectivity index (χ4v) is 5.21. The summed E-state index contributed by atoms with van der Waals surface area (Å²) in [4.78, 5) is 25.2. The number of ketones is 1. The zero-order valence-electron chi connectivity index (χ0n) is 20.1. The molecule has 1 aromatic carbocycles. The van der Waals surface area contributed by atoms with Crippen molar-refractivity contribution >= 4 is 17.4 Å². The van der Waals surface area contributed by atoms with Gasteiger partial charge in [-0.05, 0) is 68.1 Å². The fraction of sp³-hybridized carbons (Fsp3) is 0.577. The van der Waals surface area contributed by atoms with Gasteiger partial charge in [-0.15, -0.1) is 0 Å². The summed E-state index contributed by atoms with van der Waals surface area (Å²) in [5.74, 6) is 0.0616. The number of nitrogens with zero attached hydrogens (tertiary/aromatic N) is 2. The third kappa shape index (κ3) is 4.98. The highest BCUT2D eigenvalue weighted by Gasteiger charge is 2.36. The number of amides is 1. The molecule has 0 aliphatic heterocycles. The molecule has 0 atom stereocenters. The number of nitrogens with two attached hydrogens (primary N) is 1. The first-order chi connectivity index (χ1) is 15.5. The molecular weight excluding hydrogens is 416 g/mol. The van der Waals surface area contributed by atoms with Gasteiger partial charge in [-0.1, -0.05) is 27.7 Å². The molecule has 178 valence electrons. The lowest BCUT2D eigenvalue weighted by Crippen LogP contribution is -2.29. The van der Waals surface area contributed by atoms with Gasteiger partial charge in [0.2, 0.25) is 0 Å². The molecule has 0 bridgehead atoms. The SMILES string of the molecule is CC(C)Cc1nn(-c2ccc(C(N)=O)c(N[C@H]3CC[C@H](O)CC3)c2)c2c1C(=O)CC(C)(C)C2. The van der Waals surface area contributed by atoms with Gasteiger partial charge in [-0.2, -0.15) is 5.10 Å². The van der Waals surface area contributed by atoms with E-state index in [4.69, 9.17) is 10.8 Å². The first kappa shape index (κ1) is 23.5. The maximum absolute atomic E-state index is 13.1. The number of Topliss-reactive ketones (excluding diaryl/α,β-unsaturated/α-hetero) is 1. The molecule has 4 rings (SSSR count). The second-order valence-electron chi connectivity index (χ2n) is 11.0. The van der Waals surface area contributed by atoms with Crippen LogP contribution in [0.3, 0.4) is 0 Å². The summed E-state index contributed by atoms with van der Waals surface area (Å²) in [5.41, 5.74) is 10.0. The highest BCUT2D eigenvalue weighted by Crippen LogP contribution is 2.38. The van der Waals surface area contributed by atoms with Crippen LogP contribution in [0.25, 0.3) is 5.69 Å². The van der Waals surface area contributed by atoms with E-state index in [1.807, 2.05) is 16.8 Å². The first-order valence-electron chi connectivity index (χ1n) is 12.1. The number of benzene rings is 1. The summed E-state index contributed by atoms with van der Waals surface area (Å²) in [7, 11) is 0. The number of rotatable bonds is 6. The predicted molar refractivity (Wildman–Crippen MR) is 129 cm³/mol. The number of carbonyl (C=O) groups excluding carboxylic acids is 2. The van der Waals surface area contributed by atoms with E-state index in [9.17, 15) is 14.7 Å². The summed E-state index contributed by atoms with van der Waals surface area (Å²) < 4.78 is 1.90. The molecule has 2 aliphatic carbocycles. The fourth-order valence-electron chi connectivity index (χ4n) is 5.21. The van der Waals surface area contributed by atoms with Crippen LogP contribution in [0.4, 0.5) is 5.69 Å². The number of anilines is 1. The number of nitrogens with one attached hydrogen (secondary N) is 1. The minimum absolute atomic E-state index is 0.131. The van der Waals surface area contributed by atoms with Gasteiger partial charge < -0.3 is 16.2 Å². The summed E-state index contributed by atoms with van der Waals surface area (Å²) in [6.45, 7) is 8.50. The Morgan fingerprint density at radius 1 is 1.24 bits per heavy atom. The number of hydrogen-bond acceptors (Lipinski definition) is 5. The standard InChI is InChI=1S/C26H36N4O3/c1-15(2)11-21-24-22(13-26(3,4)14-23(24)32)30(29-21)17-7-10-19(25(27)33)20(12-17)28-16-5-8-18(31)9-6-16/h7,10,12,15-16,18,28,31H,5-6,8-9,11,13-14H2,1-4H3,(H2,27,33)/t16-,18-. The third-order valence-electron chi connectivity index (χ3n) is 6.79. The van der Waals surface area contributed by atoms with Crippen molar-refractivity contribution in [3.05, 3.63) is 40.7 Å².